The van der Waals surface area contributed by atoms with Crippen LogP contribution in [0.15, 0.2) is 76.2 Å². The van der Waals surface area contributed by atoms with E-state index in [-0.39, 0.29) is 21.9 Å². The number of nitro benzene ring substituents is 1. The fourth-order valence-corrected chi connectivity index (χ4v) is 5.84. The lowest BCUT2D eigenvalue weighted by molar-refractivity contribution is -0.384. The summed E-state index contributed by atoms with van der Waals surface area (Å²) >= 11 is 3.19. The van der Waals surface area contributed by atoms with Crippen molar-refractivity contribution < 1.29 is 22.9 Å². The van der Waals surface area contributed by atoms with Gasteiger partial charge < -0.3 is 9.30 Å². The number of aryl methyl sites for hydroxylation is 1. The Balaban J connectivity index is 1.68. The molecule has 0 unspecified atom stereocenters. The third-order valence-electron chi connectivity index (χ3n) is 5.52. The predicted molar refractivity (Wildman–Crippen MR) is 134 cm³/mol. The van der Waals surface area contributed by atoms with Crippen LogP contribution in [0.25, 0.3) is 10.9 Å². The van der Waals surface area contributed by atoms with Gasteiger partial charge in [-0.05, 0) is 63.8 Å². The van der Waals surface area contributed by atoms with Crippen LogP contribution in [-0.2, 0) is 23.5 Å². The Morgan fingerprint density at radius 1 is 1.14 bits per heavy atom. The standard InChI is InChI=1S/C24H20BrN3O6S/c1-27-14-16(18-13-17(28(30)31)8-9-21(18)27)11-15-7-10-22(34-2)19(12-15)24(29)26-35(32,33)23-6-4-3-5-20(23)25/h3-10,12-14H,11H2,1-2H3,(H,26,29). The highest BCUT2D eigenvalue weighted by molar-refractivity contribution is 9.10. The minimum absolute atomic E-state index is 0.0166. The highest BCUT2D eigenvalue weighted by Crippen LogP contribution is 2.29. The molecule has 0 bridgehead atoms. The summed E-state index contributed by atoms with van der Waals surface area (Å²) in [6, 6.07) is 15.7. The summed E-state index contributed by atoms with van der Waals surface area (Å²) in [6.07, 6.45) is 2.23. The van der Waals surface area contributed by atoms with Gasteiger partial charge in [-0.1, -0.05) is 18.2 Å². The van der Waals surface area contributed by atoms with Crippen LogP contribution in [0.2, 0.25) is 0 Å². The molecule has 0 aliphatic carbocycles. The van der Waals surface area contributed by atoms with Gasteiger partial charge in [0.05, 0.1) is 17.6 Å². The Kier molecular flexibility index (Phi) is 6.64. The Labute approximate surface area is 209 Å². The van der Waals surface area contributed by atoms with Gasteiger partial charge >= 0.3 is 0 Å². The van der Waals surface area contributed by atoms with Gasteiger partial charge in [0, 0.05) is 40.8 Å². The van der Waals surface area contributed by atoms with Crippen LogP contribution in [-0.4, -0.2) is 30.9 Å². The molecule has 0 spiro atoms. The summed E-state index contributed by atoms with van der Waals surface area (Å²) in [4.78, 5) is 23.7. The number of nitrogens with one attached hydrogen (secondary N) is 1. The normalized spacial score (nSPS) is 11.4. The lowest BCUT2D eigenvalue weighted by atomic mass is 10.0. The van der Waals surface area contributed by atoms with Crippen LogP contribution >= 0.6 is 15.9 Å². The number of carbonyl (C=O) groups excluding carboxylic acids is 1. The molecule has 35 heavy (non-hydrogen) atoms. The highest BCUT2D eigenvalue weighted by Gasteiger charge is 2.23. The van der Waals surface area contributed by atoms with Crippen LogP contribution < -0.4 is 9.46 Å². The summed E-state index contributed by atoms with van der Waals surface area (Å²) in [5, 5.41) is 12.0. The van der Waals surface area contributed by atoms with E-state index in [0.717, 1.165) is 16.5 Å². The van der Waals surface area contributed by atoms with Gasteiger partial charge in [0.1, 0.15) is 10.6 Å². The number of aromatic nitrogens is 1. The minimum atomic E-state index is -4.14. The van der Waals surface area contributed by atoms with Crippen molar-refractivity contribution in [3.8, 4) is 5.75 Å². The van der Waals surface area contributed by atoms with Gasteiger partial charge in [-0.2, -0.15) is 0 Å². The molecule has 4 aromatic rings. The zero-order valence-corrected chi connectivity index (χ0v) is 21.1. The largest absolute Gasteiger partial charge is 0.496 e. The molecule has 0 fully saturated rings. The van der Waals surface area contributed by atoms with E-state index >= 15 is 0 Å². The number of carbonyl (C=O) groups is 1. The second-order valence-electron chi connectivity index (χ2n) is 7.80. The summed E-state index contributed by atoms with van der Waals surface area (Å²) in [5.41, 5.74) is 2.39. The molecule has 1 heterocycles. The maximum absolute atomic E-state index is 13.0. The SMILES string of the molecule is COc1ccc(Cc2cn(C)c3ccc([N+](=O)[O-])cc23)cc1C(=O)NS(=O)(=O)c1ccccc1Br. The molecule has 1 N–H and O–H groups in total. The van der Waals surface area contributed by atoms with Gasteiger partial charge in [-0.15, -0.1) is 0 Å². The van der Waals surface area contributed by atoms with E-state index in [1.807, 2.05) is 17.8 Å². The number of non-ortho nitro benzene ring substituents is 1. The first kappa shape index (κ1) is 24.4. The number of amides is 1. The number of nitro groups is 1. The molecule has 9 nitrogen and oxygen atoms in total. The molecule has 0 aliphatic rings. The number of benzene rings is 3. The minimum Gasteiger partial charge on any atom is -0.496 e. The van der Waals surface area contributed by atoms with E-state index in [4.69, 9.17) is 4.74 Å². The van der Waals surface area contributed by atoms with E-state index in [0.29, 0.717) is 16.5 Å². The number of nitrogens with zero attached hydrogens (tertiary/aromatic N) is 2. The Morgan fingerprint density at radius 2 is 1.89 bits per heavy atom. The van der Waals surface area contributed by atoms with E-state index in [2.05, 4.69) is 20.7 Å². The van der Waals surface area contributed by atoms with E-state index in [1.165, 1.54) is 25.3 Å². The van der Waals surface area contributed by atoms with E-state index in [9.17, 15) is 23.3 Å². The third-order valence-corrected chi connectivity index (χ3v) is 7.87. The first-order valence-electron chi connectivity index (χ1n) is 10.3. The van der Waals surface area contributed by atoms with Crippen molar-refractivity contribution in [1.82, 2.24) is 9.29 Å². The molecule has 0 radical (unpaired) electrons. The molecule has 4 rings (SSSR count). The number of halogens is 1. The number of methoxy groups -OCH3 is 1. The van der Waals surface area contributed by atoms with Crippen molar-refractivity contribution in [2.24, 2.45) is 7.05 Å². The topological polar surface area (TPSA) is 121 Å². The second kappa shape index (κ2) is 9.51. The average Bonchev–Trinajstić information content (AvgIpc) is 3.13. The summed E-state index contributed by atoms with van der Waals surface area (Å²) in [5.74, 6) is -0.629. The quantitative estimate of drug-likeness (QED) is 0.262. The van der Waals surface area contributed by atoms with Crippen LogP contribution in [0.1, 0.15) is 21.5 Å². The van der Waals surface area contributed by atoms with Crippen LogP contribution in [0.4, 0.5) is 5.69 Å². The van der Waals surface area contributed by atoms with Crippen molar-refractivity contribution in [2.75, 3.05) is 7.11 Å². The van der Waals surface area contributed by atoms with E-state index in [1.54, 1.807) is 42.5 Å². The first-order valence-corrected chi connectivity index (χ1v) is 12.6. The molecule has 3 aromatic carbocycles. The molecule has 1 aromatic heterocycles. The molecular weight excluding hydrogens is 538 g/mol. The molecule has 0 aliphatic heterocycles. The number of fused-ring (bicyclic) bond motifs is 1. The van der Waals surface area contributed by atoms with Crippen LogP contribution in [0.5, 0.6) is 5.75 Å². The van der Waals surface area contributed by atoms with Crippen molar-refractivity contribution in [3.05, 3.63) is 98.1 Å². The van der Waals surface area contributed by atoms with Crippen molar-refractivity contribution in [3.63, 3.8) is 0 Å². The van der Waals surface area contributed by atoms with Crippen molar-refractivity contribution in [1.29, 1.82) is 0 Å². The zero-order valence-electron chi connectivity index (χ0n) is 18.7. The molecular formula is C24H20BrN3O6S. The Hall–Kier alpha value is -3.70. The van der Waals surface area contributed by atoms with Gasteiger partial charge in [0.25, 0.3) is 21.6 Å². The number of rotatable bonds is 7. The lowest BCUT2D eigenvalue weighted by Crippen LogP contribution is -2.31. The second-order valence-corrected chi connectivity index (χ2v) is 10.3. The first-order chi connectivity index (χ1) is 16.6. The molecule has 11 heteroatoms. The molecule has 180 valence electrons. The lowest BCUT2D eigenvalue weighted by Gasteiger charge is -2.12. The number of sulfonamides is 1. The summed E-state index contributed by atoms with van der Waals surface area (Å²) in [7, 11) is -0.911. The molecule has 0 atom stereocenters. The van der Waals surface area contributed by atoms with Gasteiger partial charge in [-0.3, -0.25) is 14.9 Å². The van der Waals surface area contributed by atoms with Gasteiger partial charge in [0.2, 0.25) is 0 Å². The van der Waals surface area contributed by atoms with Gasteiger partial charge in [0.15, 0.2) is 0 Å². The number of ether oxygens (including phenoxy) is 1. The maximum atomic E-state index is 13.0. The Morgan fingerprint density at radius 3 is 2.57 bits per heavy atom. The summed E-state index contributed by atoms with van der Waals surface area (Å²) in [6.45, 7) is 0. The fourth-order valence-electron chi connectivity index (χ4n) is 3.87. The monoisotopic (exact) mass is 557 g/mol. The van der Waals surface area contributed by atoms with E-state index < -0.39 is 20.9 Å². The molecule has 0 saturated carbocycles. The Bertz CT molecular complexity index is 1580. The zero-order chi connectivity index (χ0) is 25.3. The molecule has 1 amide bonds. The van der Waals surface area contributed by atoms with Crippen molar-refractivity contribution in [2.45, 2.75) is 11.3 Å². The third kappa shape index (κ3) is 4.91. The van der Waals surface area contributed by atoms with Crippen LogP contribution in [0.3, 0.4) is 0 Å². The number of hydrogen-bond acceptors (Lipinski definition) is 6. The molecule has 0 saturated heterocycles. The smallest absolute Gasteiger partial charge is 0.270 e. The van der Waals surface area contributed by atoms with Gasteiger partial charge in [-0.25, -0.2) is 13.1 Å². The number of hydrogen-bond donors (Lipinski definition) is 1. The van der Waals surface area contributed by atoms with Crippen LogP contribution in [0, 0.1) is 10.1 Å². The fraction of sp³-hybridized carbons (Fsp3) is 0.125. The predicted octanol–water partition coefficient (Wildman–Crippen LogP) is 4.57. The van der Waals surface area contributed by atoms with Crippen molar-refractivity contribution >= 4 is 48.5 Å². The summed E-state index contributed by atoms with van der Waals surface area (Å²) < 4.78 is 35.2. The maximum Gasteiger partial charge on any atom is 0.270 e. The highest BCUT2D eigenvalue weighted by atomic mass is 79.9. The average molecular weight is 558 g/mol.